The second-order valence-corrected chi connectivity index (χ2v) is 14.5. The van der Waals surface area contributed by atoms with Crippen LogP contribution in [0.4, 0.5) is 0 Å². The number of hydrogen-bond acceptors (Lipinski definition) is 9. The second kappa shape index (κ2) is 10.4. The minimum Gasteiger partial charge on any atom is -0.459 e. The van der Waals surface area contributed by atoms with Crippen molar-refractivity contribution in [3.8, 4) is 0 Å². The van der Waals surface area contributed by atoms with Gasteiger partial charge in [0.15, 0.2) is 5.60 Å². The van der Waals surface area contributed by atoms with E-state index in [4.69, 9.17) is 23.7 Å². The van der Waals surface area contributed by atoms with E-state index in [1.807, 2.05) is 80.6 Å². The molecule has 3 aliphatic carbocycles. The molecule has 9 nitrogen and oxygen atoms in total. The van der Waals surface area contributed by atoms with Gasteiger partial charge in [-0.05, 0) is 42.7 Å². The highest BCUT2D eigenvalue weighted by Crippen LogP contribution is 2.74. The number of hydrogen-bond donors (Lipinski definition) is 3. The highest BCUT2D eigenvalue weighted by molar-refractivity contribution is 5.82. The predicted octanol–water partition coefficient (Wildman–Crippen LogP) is 4.03. The fourth-order valence-corrected chi connectivity index (χ4v) is 9.84. The van der Waals surface area contributed by atoms with Gasteiger partial charge in [-0.3, -0.25) is 0 Å². The monoisotopic (exact) mass is 642 g/mol. The van der Waals surface area contributed by atoms with Crippen LogP contribution in [-0.4, -0.2) is 74.7 Å². The summed E-state index contributed by atoms with van der Waals surface area (Å²) in [6.45, 7) is 9.88. The van der Waals surface area contributed by atoms with Crippen molar-refractivity contribution in [1.82, 2.24) is 0 Å². The average molecular weight is 643 g/mol. The van der Waals surface area contributed by atoms with Gasteiger partial charge in [0, 0.05) is 23.5 Å². The first kappa shape index (κ1) is 31.1. The van der Waals surface area contributed by atoms with Gasteiger partial charge < -0.3 is 39.0 Å². The van der Waals surface area contributed by atoms with E-state index in [1.165, 1.54) is 6.08 Å². The van der Waals surface area contributed by atoms with Crippen LogP contribution in [0.2, 0.25) is 0 Å². The average Bonchev–Trinajstić information content (AvgIpc) is 3.69. The summed E-state index contributed by atoms with van der Waals surface area (Å²) in [5.41, 5.74) is -3.18. The van der Waals surface area contributed by atoms with Gasteiger partial charge in [0.25, 0.3) is 0 Å². The molecule has 0 aromatic heterocycles. The lowest BCUT2D eigenvalue weighted by atomic mass is 9.54. The Bertz CT molecular complexity index is 1640. The molecule has 3 heterocycles. The lowest BCUT2D eigenvalue weighted by Crippen LogP contribution is -2.72. The Labute approximate surface area is 274 Å². The van der Waals surface area contributed by atoms with Crippen LogP contribution in [-0.2, 0) is 34.5 Å². The minimum atomic E-state index is -2.03. The summed E-state index contributed by atoms with van der Waals surface area (Å²) in [7, 11) is 0. The molecule has 0 amide bonds. The summed E-state index contributed by atoms with van der Waals surface area (Å²) in [4.78, 5) is 12.9. The zero-order valence-corrected chi connectivity index (χ0v) is 26.8. The van der Waals surface area contributed by atoms with Crippen molar-refractivity contribution in [2.45, 2.75) is 86.4 Å². The van der Waals surface area contributed by atoms with Gasteiger partial charge in [0.2, 0.25) is 0 Å². The van der Waals surface area contributed by atoms with Crippen molar-refractivity contribution in [2.24, 2.45) is 23.7 Å². The molecule has 3 N–H and O–H groups in total. The number of benzene rings is 2. The molecule has 3 bridgehead atoms. The highest BCUT2D eigenvalue weighted by atomic mass is 16.9. The number of carbonyl (C=O) groups excluding carboxylic acids is 1. The van der Waals surface area contributed by atoms with Gasteiger partial charge in [-0.15, -0.1) is 0 Å². The number of epoxide rings is 1. The van der Waals surface area contributed by atoms with Crippen LogP contribution in [0.3, 0.4) is 0 Å². The van der Waals surface area contributed by atoms with Crippen molar-refractivity contribution in [2.75, 3.05) is 6.61 Å². The maximum absolute atomic E-state index is 12.9. The van der Waals surface area contributed by atoms with Gasteiger partial charge in [0.05, 0.1) is 11.7 Å². The van der Waals surface area contributed by atoms with Crippen LogP contribution in [0, 0.1) is 23.7 Å². The summed E-state index contributed by atoms with van der Waals surface area (Å²) in [5.74, 6) is -4.06. The molecule has 13 atom stereocenters. The molecule has 3 saturated heterocycles. The number of fused-ring (bicyclic) bond motifs is 3. The van der Waals surface area contributed by atoms with E-state index < -0.39 is 70.6 Å². The SMILES string of the molecule is C=C(C)[C@]12C[C@@H](C)[C@@]34OC(c5ccccc5)(O[C@@H]1[C@@H]3[C@@H]1O[C@]1(COC(=O)/C=C/C=C/c1ccccc1)[C@@H](O)[C@@]1(O)[C@H]4C[C@H](C)[C@@H]1O)O2. The van der Waals surface area contributed by atoms with E-state index in [-0.39, 0.29) is 18.4 Å². The van der Waals surface area contributed by atoms with Gasteiger partial charge in [-0.2, -0.15) is 0 Å². The van der Waals surface area contributed by atoms with Crippen LogP contribution >= 0.6 is 0 Å². The van der Waals surface area contributed by atoms with Crippen LogP contribution in [0.25, 0.3) is 6.08 Å². The summed E-state index contributed by atoms with van der Waals surface area (Å²) in [6.07, 6.45) is 3.18. The standard InChI is InChI=1S/C38H42O9/c1-22(2)34-20-24(4)37-27-19-23(3)30(40)36(27,42)33(41)35(21-43-28(39)18-12-11-15-25-13-7-5-8-14-25)32(44-35)29(37)31(34)45-38(46-34,47-37)26-16-9-6-10-17-26/h5-18,23-24,27,29-33,40-42H,1,19-21H2,2-4H3/b15-11+,18-12+/t23-,24+,27+,29+,30-,31+,32-,33+,34+,35-,36+,37-,38?/m0/s1. The number of esters is 1. The maximum Gasteiger partial charge on any atom is 0.330 e. The third kappa shape index (κ3) is 4.05. The molecule has 2 aromatic rings. The van der Waals surface area contributed by atoms with Crippen LogP contribution in [0.1, 0.15) is 44.7 Å². The molecular weight excluding hydrogens is 600 g/mol. The van der Waals surface area contributed by atoms with Gasteiger partial charge >= 0.3 is 11.9 Å². The number of carbonyl (C=O) groups is 1. The van der Waals surface area contributed by atoms with Crippen molar-refractivity contribution in [1.29, 1.82) is 0 Å². The van der Waals surface area contributed by atoms with E-state index in [1.54, 1.807) is 12.2 Å². The Balaban J connectivity index is 1.18. The van der Waals surface area contributed by atoms with Crippen molar-refractivity contribution in [3.05, 3.63) is 102 Å². The third-order valence-electron chi connectivity index (χ3n) is 12.0. The Morgan fingerprint density at radius 3 is 2.40 bits per heavy atom. The Kier molecular flexibility index (Phi) is 6.91. The first-order valence-corrected chi connectivity index (χ1v) is 16.6. The molecule has 8 rings (SSSR count). The van der Waals surface area contributed by atoms with E-state index in [9.17, 15) is 20.1 Å². The fourth-order valence-electron chi connectivity index (χ4n) is 9.84. The minimum absolute atomic E-state index is 0.224. The molecule has 6 aliphatic rings. The molecule has 1 unspecified atom stereocenters. The molecule has 3 saturated carbocycles. The maximum atomic E-state index is 12.9. The molecule has 248 valence electrons. The van der Waals surface area contributed by atoms with Crippen LogP contribution < -0.4 is 0 Å². The molecule has 6 fully saturated rings. The first-order valence-electron chi connectivity index (χ1n) is 16.6. The molecule has 9 heteroatoms. The molecule has 2 aromatic carbocycles. The van der Waals surface area contributed by atoms with E-state index in [0.717, 1.165) is 11.1 Å². The van der Waals surface area contributed by atoms with E-state index in [0.29, 0.717) is 18.4 Å². The van der Waals surface area contributed by atoms with Gasteiger partial charge in [-0.25, -0.2) is 4.79 Å². The molecule has 3 aliphatic heterocycles. The normalized spacial score (nSPS) is 47.4. The number of aliphatic hydroxyl groups is 3. The van der Waals surface area contributed by atoms with Crippen molar-refractivity contribution < 1.29 is 43.8 Å². The lowest BCUT2D eigenvalue weighted by Gasteiger charge is -2.60. The first-order chi connectivity index (χ1) is 22.4. The quantitative estimate of drug-likeness (QED) is 0.135. The van der Waals surface area contributed by atoms with Crippen molar-refractivity contribution in [3.63, 3.8) is 0 Å². The summed E-state index contributed by atoms with van der Waals surface area (Å²) in [6, 6.07) is 19.1. The Hall–Kier alpha value is -3.15. The predicted molar refractivity (Wildman–Crippen MR) is 170 cm³/mol. The summed E-state index contributed by atoms with van der Waals surface area (Å²) in [5, 5.41) is 36.5. The lowest BCUT2D eigenvalue weighted by molar-refractivity contribution is -0.443. The smallest absolute Gasteiger partial charge is 0.330 e. The number of ether oxygens (including phenoxy) is 5. The third-order valence-corrected chi connectivity index (χ3v) is 12.0. The van der Waals surface area contributed by atoms with E-state index >= 15 is 0 Å². The molecule has 47 heavy (non-hydrogen) atoms. The summed E-state index contributed by atoms with van der Waals surface area (Å²) >= 11 is 0. The number of aliphatic hydroxyl groups excluding tert-OH is 2. The molecule has 0 radical (unpaired) electrons. The van der Waals surface area contributed by atoms with Crippen molar-refractivity contribution >= 4 is 12.0 Å². The Morgan fingerprint density at radius 2 is 1.70 bits per heavy atom. The highest BCUT2D eigenvalue weighted by Gasteiger charge is 2.89. The molecular formula is C38H42O9. The van der Waals surface area contributed by atoms with Gasteiger partial charge in [-0.1, -0.05) is 99.3 Å². The fraction of sp³-hybridized carbons (Fsp3) is 0.500. The van der Waals surface area contributed by atoms with Gasteiger partial charge in [0.1, 0.15) is 36.1 Å². The second-order valence-electron chi connectivity index (χ2n) is 14.5. The van der Waals surface area contributed by atoms with Crippen LogP contribution in [0.5, 0.6) is 0 Å². The molecule has 0 spiro atoms. The summed E-state index contributed by atoms with van der Waals surface area (Å²) < 4.78 is 33.2. The van der Waals surface area contributed by atoms with Crippen LogP contribution in [0.15, 0.2) is 91.0 Å². The number of allylic oxidation sites excluding steroid dienone is 2. The largest absolute Gasteiger partial charge is 0.459 e. The number of rotatable bonds is 7. The zero-order chi connectivity index (χ0) is 33.0. The Morgan fingerprint density at radius 1 is 1.00 bits per heavy atom. The topological polar surface area (TPSA) is 127 Å². The zero-order valence-electron chi connectivity index (χ0n) is 26.8. The van der Waals surface area contributed by atoms with E-state index in [2.05, 4.69) is 13.5 Å².